The number of hydrogen-bond donors (Lipinski definition) is 2. The average molecular weight is 356 g/mol. The summed E-state index contributed by atoms with van der Waals surface area (Å²) in [5, 5.41) is 4.46. The van der Waals surface area contributed by atoms with E-state index in [1.165, 1.54) is 29.3 Å². The molecular weight excluding hydrogens is 340 g/mol. The van der Waals surface area contributed by atoms with Crippen LogP contribution in [-0.4, -0.2) is 28.5 Å². The fourth-order valence-electron chi connectivity index (χ4n) is 2.32. The van der Waals surface area contributed by atoms with Gasteiger partial charge in [0.05, 0.1) is 11.8 Å². The third kappa shape index (κ3) is 3.74. The number of aryl methyl sites for hydroxylation is 1. The van der Waals surface area contributed by atoms with Gasteiger partial charge >= 0.3 is 6.03 Å². The highest BCUT2D eigenvalue weighted by molar-refractivity contribution is 7.22. The fraction of sp³-hybridized carbons (Fsp3) is 0.176. The number of aromatic nitrogens is 2. The van der Waals surface area contributed by atoms with Gasteiger partial charge in [-0.2, -0.15) is 0 Å². The minimum atomic E-state index is -0.573. The van der Waals surface area contributed by atoms with Gasteiger partial charge in [-0.05, 0) is 11.6 Å². The Morgan fingerprint density at radius 2 is 2.00 bits per heavy atom. The van der Waals surface area contributed by atoms with Crippen molar-refractivity contribution in [3.8, 4) is 10.4 Å². The Hall–Kier alpha value is -3.00. The van der Waals surface area contributed by atoms with E-state index in [-0.39, 0.29) is 18.5 Å². The highest BCUT2D eigenvalue weighted by Crippen LogP contribution is 2.30. The number of rotatable bonds is 4. The summed E-state index contributed by atoms with van der Waals surface area (Å²) >= 11 is 1.38. The average Bonchev–Trinajstić information content (AvgIpc) is 3.07. The van der Waals surface area contributed by atoms with Crippen molar-refractivity contribution in [3.05, 3.63) is 53.1 Å². The maximum atomic E-state index is 12.6. The Labute approximate surface area is 147 Å². The van der Waals surface area contributed by atoms with Gasteiger partial charge in [-0.25, -0.2) is 9.78 Å². The van der Waals surface area contributed by atoms with E-state index in [0.717, 1.165) is 10.4 Å². The topological polar surface area (TPSA) is 93.1 Å². The summed E-state index contributed by atoms with van der Waals surface area (Å²) in [6, 6.07) is 11.1. The third-order valence-electron chi connectivity index (χ3n) is 3.62. The molecule has 2 aromatic heterocycles. The Morgan fingerprint density at radius 1 is 1.24 bits per heavy atom. The minimum Gasteiger partial charge on any atom is -0.341 e. The summed E-state index contributed by atoms with van der Waals surface area (Å²) in [6.45, 7) is 0.156. The molecule has 3 aromatic rings. The molecule has 8 heteroatoms. The number of thiophene rings is 1. The van der Waals surface area contributed by atoms with Crippen molar-refractivity contribution in [2.45, 2.75) is 13.0 Å². The van der Waals surface area contributed by atoms with Crippen molar-refractivity contribution >= 4 is 33.5 Å². The van der Waals surface area contributed by atoms with Crippen molar-refractivity contribution < 1.29 is 9.59 Å². The number of urea groups is 1. The third-order valence-corrected chi connectivity index (χ3v) is 4.78. The maximum Gasteiger partial charge on any atom is 0.321 e. The number of imide groups is 1. The van der Waals surface area contributed by atoms with E-state index in [9.17, 15) is 14.4 Å². The zero-order chi connectivity index (χ0) is 17.8. The number of hydrogen-bond acceptors (Lipinski definition) is 5. The van der Waals surface area contributed by atoms with Crippen molar-refractivity contribution in [2.24, 2.45) is 0 Å². The van der Waals surface area contributed by atoms with Gasteiger partial charge in [0, 0.05) is 24.9 Å². The smallest absolute Gasteiger partial charge is 0.321 e. The molecule has 0 radical (unpaired) electrons. The van der Waals surface area contributed by atoms with Gasteiger partial charge in [0.2, 0.25) is 5.91 Å². The molecule has 0 fully saturated rings. The summed E-state index contributed by atoms with van der Waals surface area (Å²) in [6.07, 6.45) is 1.44. The Balaban J connectivity index is 1.82. The summed E-state index contributed by atoms with van der Waals surface area (Å²) in [4.78, 5) is 40.6. The second-order valence-electron chi connectivity index (χ2n) is 5.31. The Kier molecular flexibility index (Phi) is 4.90. The van der Waals surface area contributed by atoms with Crippen molar-refractivity contribution in [1.29, 1.82) is 0 Å². The molecule has 128 valence electrons. The zero-order valence-electron chi connectivity index (χ0n) is 13.5. The van der Waals surface area contributed by atoms with Crippen LogP contribution >= 0.6 is 11.3 Å². The maximum absolute atomic E-state index is 12.6. The van der Waals surface area contributed by atoms with Crippen LogP contribution in [0, 0.1) is 0 Å². The standard InChI is InChI=1S/C17H16N4O3S/c1-18-17(24)20-14(22)7-8-21-10-19-12-9-13(25-15(12)16(21)23)11-5-3-2-4-6-11/h2-6,9-10H,7-8H2,1H3,(H2,18,20,22,24). The molecule has 0 spiro atoms. The van der Waals surface area contributed by atoms with E-state index in [4.69, 9.17) is 0 Å². The first kappa shape index (κ1) is 16.8. The molecule has 0 bridgehead atoms. The quantitative estimate of drug-likeness (QED) is 0.747. The summed E-state index contributed by atoms with van der Waals surface area (Å²) in [7, 11) is 1.42. The van der Waals surface area contributed by atoms with E-state index in [1.54, 1.807) is 0 Å². The van der Waals surface area contributed by atoms with Gasteiger partial charge in [-0.1, -0.05) is 30.3 Å². The molecule has 7 nitrogen and oxygen atoms in total. The van der Waals surface area contributed by atoms with Crippen LogP contribution in [0.25, 0.3) is 20.7 Å². The molecule has 25 heavy (non-hydrogen) atoms. The molecular formula is C17H16N4O3S. The lowest BCUT2D eigenvalue weighted by Crippen LogP contribution is -2.38. The molecule has 0 saturated carbocycles. The van der Waals surface area contributed by atoms with Crippen LogP contribution in [0.4, 0.5) is 4.79 Å². The molecule has 3 rings (SSSR count). The zero-order valence-corrected chi connectivity index (χ0v) is 14.3. The molecule has 3 amide bonds. The number of nitrogens with zero attached hydrogens (tertiary/aromatic N) is 2. The number of fused-ring (bicyclic) bond motifs is 1. The summed E-state index contributed by atoms with van der Waals surface area (Å²) in [5.41, 5.74) is 1.48. The first-order valence-electron chi connectivity index (χ1n) is 7.64. The number of carbonyl (C=O) groups is 2. The van der Waals surface area contributed by atoms with Crippen molar-refractivity contribution in [1.82, 2.24) is 20.2 Å². The van der Waals surface area contributed by atoms with E-state index in [1.807, 2.05) is 36.4 Å². The van der Waals surface area contributed by atoms with Gasteiger partial charge in [-0.15, -0.1) is 11.3 Å². The highest BCUT2D eigenvalue weighted by atomic mass is 32.1. The Bertz CT molecular complexity index is 978. The van der Waals surface area contributed by atoms with Crippen LogP contribution in [0.1, 0.15) is 6.42 Å². The second kappa shape index (κ2) is 7.27. The van der Waals surface area contributed by atoms with E-state index in [0.29, 0.717) is 10.2 Å². The monoisotopic (exact) mass is 356 g/mol. The molecule has 1 aromatic carbocycles. The van der Waals surface area contributed by atoms with Gasteiger partial charge in [0.15, 0.2) is 0 Å². The molecule has 2 heterocycles. The van der Waals surface area contributed by atoms with Gasteiger partial charge in [-0.3, -0.25) is 19.5 Å². The van der Waals surface area contributed by atoms with Gasteiger partial charge in [0.1, 0.15) is 4.70 Å². The fourth-order valence-corrected chi connectivity index (χ4v) is 3.39. The predicted octanol–water partition coefficient (Wildman–Crippen LogP) is 1.97. The molecule has 0 unspecified atom stereocenters. The first-order valence-corrected chi connectivity index (χ1v) is 8.46. The van der Waals surface area contributed by atoms with Gasteiger partial charge in [0.25, 0.3) is 5.56 Å². The van der Waals surface area contributed by atoms with E-state index >= 15 is 0 Å². The Morgan fingerprint density at radius 3 is 2.72 bits per heavy atom. The van der Waals surface area contributed by atoms with Crippen LogP contribution in [0.15, 0.2) is 47.5 Å². The SMILES string of the molecule is CNC(=O)NC(=O)CCn1cnc2cc(-c3ccccc3)sc2c1=O. The van der Waals surface area contributed by atoms with Crippen molar-refractivity contribution in [3.63, 3.8) is 0 Å². The highest BCUT2D eigenvalue weighted by Gasteiger charge is 2.12. The van der Waals surface area contributed by atoms with E-state index in [2.05, 4.69) is 15.6 Å². The van der Waals surface area contributed by atoms with Crippen LogP contribution in [0.2, 0.25) is 0 Å². The predicted molar refractivity (Wildman–Crippen MR) is 96.5 cm³/mol. The molecule has 0 aliphatic rings. The molecule has 0 saturated heterocycles. The lowest BCUT2D eigenvalue weighted by Gasteiger charge is -2.05. The number of amides is 3. The number of carbonyl (C=O) groups excluding carboxylic acids is 2. The van der Waals surface area contributed by atoms with Crippen LogP contribution < -0.4 is 16.2 Å². The summed E-state index contributed by atoms with van der Waals surface area (Å²) < 4.78 is 1.94. The molecule has 0 atom stereocenters. The lowest BCUT2D eigenvalue weighted by molar-refractivity contribution is -0.120. The number of nitrogens with one attached hydrogen (secondary N) is 2. The molecule has 0 aliphatic carbocycles. The second-order valence-corrected chi connectivity index (χ2v) is 6.36. The normalized spacial score (nSPS) is 10.6. The van der Waals surface area contributed by atoms with Crippen LogP contribution in [0.5, 0.6) is 0 Å². The molecule has 2 N–H and O–H groups in total. The lowest BCUT2D eigenvalue weighted by atomic mass is 10.2. The molecule has 0 aliphatic heterocycles. The largest absolute Gasteiger partial charge is 0.341 e. The number of benzene rings is 1. The van der Waals surface area contributed by atoms with Crippen LogP contribution in [-0.2, 0) is 11.3 Å². The van der Waals surface area contributed by atoms with E-state index < -0.39 is 11.9 Å². The summed E-state index contributed by atoms with van der Waals surface area (Å²) in [5.74, 6) is -0.456. The van der Waals surface area contributed by atoms with Crippen molar-refractivity contribution in [2.75, 3.05) is 7.05 Å². The first-order chi connectivity index (χ1) is 12.1. The van der Waals surface area contributed by atoms with Gasteiger partial charge < -0.3 is 5.32 Å². The van der Waals surface area contributed by atoms with Crippen LogP contribution in [0.3, 0.4) is 0 Å². The minimum absolute atomic E-state index is 0.0113.